The summed E-state index contributed by atoms with van der Waals surface area (Å²) in [5.74, 6) is 0.247. The van der Waals surface area contributed by atoms with E-state index in [0.717, 1.165) is 10.2 Å². The molecule has 12 heteroatoms. The molecule has 0 bridgehead atoms. The minimum atomic E-state index is -2.52. The van der Waals surface area contributed by atoms with Gasteiger partial charge >= 0.3 is 0 Å². The predicted octanol–water partition coefficient (Wildman–Crippen LogP) is 3.55. The standard InChI is InChI=1S/C21H23F3N8O/c1-3-17(33)32-5-4-13(22)7-15(32)6-12-8-26-20-18(12)19(25-2)29-21(30-20)28-14-9-27-31(10-14)11-16(23)24/h3,8-10,13,15-16H,1-2,4-7,11H2,(H2,26,28,29,30)/t13-,15?/m1/s1. The monoisotopic (exact) mass is 460 g/mol. The van der Waals surface area contributed by atoms with Crippen LogP contribution in [0.15, 0.2) is 36.2 Å². The van der Waals surface area contributed by atoms with Gasteiger partial charge in [-0.25, -0.2) is 18.2 Å². The van der Waals surface area contributed by atoms with Crippen LogP contribution in [-0.4, -0.2) is 67.4 Å². The van der Waals surface area contributed by atoms with Crippen LogP contribution in [0.5, 0.6) is 0 Å². The minimum absolute atomic E-state index is 0.180. The number of alkyl halides is 3. The maximum absolute atomic E-state index is 14.1. The maximum atomic E-state index is 14.1. The quantitative estimate of drug-likeness (QED) is 0.395. The van der Waals surface area contributed by atoms with Crippen molar-refractivity contribution < 1.29 is 18.0 Å². The van der Waals surface area contributed by atoms with Gasteiger partial charge in [-0.3, -0.25) is 9.48 Å². The molecule has 1 aliphatic heterocycles. The number of anilines is 2. The zero-order valence-corrected chi connectivity index (χ0v) is 17.7. The van der Waals surface area contributed by atoms with Crippen molar-refractivity contribution in [3.8, 4) is 0 Å². The molecule has 3 aromatic rings. The van der Waals surface area contributed by atoms with Crippen LogP contribution in [0.3, 0.4) is 0 Å². The van der Waals surface area contributed by atoms with E-state index in [2.05, 4.69) is 43.7 Å². The first-order valence-corrected chi connectivity index (χ1v) is 10.4. The Morgan fingerprint density at radius 1 is 1.42 bits per heavy atom. The van der Waals surface area contributed by atoms with E-state index >= 15 is 0 Å². The molecule has 1 saturated heterocycles. The Balaban J connectivity index is 1.60. The first-order valence-electron chi connectivity index (χ1n) is 10.4. The molecule has 174 valence electrons. The fourth-order valence-corrected chi connectivity index (χ4v) is 4.06. The van der Waals surface area contributed by atoms with Gasteiger partial charge in [-0.2, -0.15) is 15.1 Å². The Bertz CT molecular complexity index is 1170. The zero-order valence-electron chi connectivity index (χ0n) is 17.7. The van der Waals surface area contributed by atoms with Crippen LogP contribution in [0.4, 0.5) is 30.6 Å². The van der Waals surface area contributed by atoms with Gasteiger partial charge in [-0.05, 0) is 37.6 Å². The molecular weight excluding hydrogens is 437 g/mol. The zero-order chi connectivity index (χ0) is 23.5. The number of likely N-dealkylation sites (tertiary alicyclic amines) is 1. The average Bonchev–Trinajstić information content (AvgIpc) is 3.39. The summed E-state index contributed by atoms with van der Waals surface area (Å²) in [7, 11) is 0. The number of carbonyl (C=O) groups excluding carboxylic acids is 1. The third-order valence-electron chi connectivity index (χ3n) is 5.52. The smallest absolute Gasteiger partial charge is 0.257 e. The van der Waals surface area contributed by atoms with E-state index < -0.39 is 19.1 Å². The Labute approximate surface area is 187 Å². The van der Waals surface area contributed by atoms with E-state index in [4.69, 9.17) is 0 Å². The fraction of sp³-hybridized carbons (Fsp3) is 0.381. The van der Waals surface area contributed by atoms with Gasteiger partial charge in [0.25, 0.3) is 6.43 Å². The van der Waals surface area contributed by atoms with Crippen molar-refractivity contribution in [1.82, 2.24) is 29.6 Å². The molecule has 0 saturated carbocycles. The van der Waals surface area contributed by atoms with Crippen molar-refractivity contribution in [1.29, 1.82) is 0 Å². The van der Waals surface area contributed by atoms with Crippen molar-refractivity contribution in [3.63, 3.8) is 0 Å². The van der Waals surface area contributed by atoms with Gasteiger partial charge in [0.2, 0.25) is 11.9 Å². The topological polar surface area (TPSA) is 104 Å². The summed E-state index contributed by atoms with van der Waals surface area (Å²) in [4.78, 5) is 29.7. The van der Waals surface area contributed by atoms with E-state index in [1.807, 2.05) is 0 Å². The molecule has 4 rings (SSSR count). The summed E-state index contributed by atoms with van der Waals surface area (Å²) in [6.45, 7) is 6.93. The molecule has 0 aliphatic carbocycles. The third kappa shape index (κ3) is 4.89. The summed E-state index contributed by atoms with van der Waals surface area (Å²) >= 11 is 0. The molecule has 33 heavy (non-hydrogen) atoms. The molecule has 9 nitrogen and oxygen atoms in total. The summed E-state index contributed by atoms with van der Waals surface area (Å²) in [5.41, 5.74) is 1.69. The van der Waals surface area contributed by atoms with E-state index in [0.29, 0.717) is 41.9 Å². The number of nitrogens with one attached hydrogen (secondary N) is 2. The highest BCUT2D eigenvalue weighted by Crippen LogP contribution is 2.31. The number of hydrogen-bond acceptors (Lipinski definition) is 6. The van der Waals surface area contributed by atoms with E-state index in [1.54, 1.807) is 11.1 Å². The molecule has 0 spiro atoms. The van der Waals surface area contributed by atoms with Gasteiger partial charge in [-0.1, -0.05) is 6.58 Å². The molecule has 2 N–H and O–H groups in total. The Morgan fingerprint density at radius 3 is 2.97 bits per heavy atom. The molecule has 1 unspecified atom stereocenters. The van der Waals surface area contributed by atoms with E-state index in [9.17, 15) is 18.0 Å². The van der Waals surface area contributed by atoms with Crippen molar-refractivity contribution in [3.05, 3.63) is 36.8 Å². The number of aromatic nitrogens is 5. The second-order valence-corrected chi connectivity index (χ2v) is 7.75. The van der Waals surface area contributed by atoms with Gasteiger partial charge in [-0.15, -0.1) is 0 Å². The molecule has 4 heterocycles. The molecule has 0 aromatic carbocycles. The number of rotatable bonds is 8. The number of aliphatic imine (C=N–C) groups is 1. The molecule has 0 radical (unpaired) electrons. The van der Waals surface area contributed by atoms with Crippen LogP contribution < -0.4 is 5.32 Å². The van der Waals surface area contributed by atoms with Crippen molar-refractivity contribution in [2.45, 2.75) is 44.4 Å². The number of aromatic amines is 1. The molecule has 1 aliphatic rings. The molecule has 2 atom stereocenters. The highest BCUT2D eigenvalue weighted by atomic mass is 19.3. The summed E-state index contributed by atoms with van der Waals surface area (Å²) in [5, 5.41) is 7.41. The third-order valence-corrected chi connectivity index (χ3v) is 5.52. The van der Waals surface area contributed by atoms with Gasteiger partial charge < -0.3 is 15.2 Å². The predicted molar refractivity (Wildman–Crippen MR) is 118 cm³/mol. The van der Waals surface area contributed by atoms with Gasteiger partial charge in [0.1, 0.15) is 18.4 Å². The van der Waals surface area contributed by atoms with Crippen molar-refractivity contribution >= 4 is 41.1 Å². The van der Waals surface area contributed by atoms with Crippen LogP contribution in [-0.2, 0) is 17.8 Å². The Morgan fingerprint density at radius 2 is 2.24 bits per heavy atom. The van der Waals surface area contributed by atoms with Crippen molar-refractivity contribution in [2.75, 3.05) is 11.9 Å². The lowest BCUT2D eigenvalue weighted by molar-refractivity contribution is -0.130. The lowest BCUT2D eigenvalue weighted by atomic mass is 9.94. The first kappa shape index (κ1) is 22.5. The van der Waals surface area contributed by atoms with Gasteiger partial charge in [0, 0.05) is 25.0 Å². The number of fused-ring (bicyclic) bond motifs is 1. The first-order chi connectivity index (χ1) is 15.9. The van der Waals surface area contributed by atoms with Crippen LogP contribution in [0.25, 0.3) is 11.0 Å². The minimum Gasteiger partial charge on any atom is -0.346 e. The SMILES string of the molecule is C=CC(=O)N1CC[C@@H](F)CC1Cc1c[nH]c2nc(Nc3cnn(CC(F)F)c3)nc(N=C)c12. The second kappa shape index (κ2) is 9.43. The highest BCUT2D eigenvalue weighted by Gasteiger charge is 2.31. The Hall–Kier alpha value is -3.70. The van der Waals surface area contributed by atoms with Crippen LogP contribution in [0.2, 0.25) is 0 Å². The van der Waals surface area contributed by atoms with Crippen LogP contribution in [0, 0.1) is 0 Å². The molecule has 1 amide bonds. The van der Waals surface area contributed by atoms with Crippen molar-refractivity contribution in [2.24, 2.45) is 4.99 Å². The second-order valence-electron chi connectivity index (χ2n) is 7.75. The summed E-state index contributed by atoms with van der Waals surface area (Å²) in [6.07, 6.45) is 3.19. The number of halogens is 3. The number of hydrogen-bond donors (Lipinski definition) is 2. The number of carbonyl (C=O) groups is 1. The lowest BCUT2D eigenvalue weighted by Crippen LogP contribution is -2.47. The number of nitrogens with zero attached hydrogens (tertiary/aromatic N) is 6. The van der Waals surface area contributed by atoms with E-state index in [1.165, 1.54) is 18.5 Å². The lowest BCUT2D eigenvalue weighted by Gasteiger charge is -2.36. The van der Waals surface area contributed by atoms with Gasteiger partial charge in [0.05, 0.1) is 17.3 Å². The average molecular weight is 460 g/mol. The Kier molecular flexibility index (Phi) is 6.43. The molecule has 3 aromatic heterocycles. The normalized spacial score (nSPS) is 18.6. The maximum Gasteiger partial charge on any atom is 0.257 e. The van der Waals surface area contributed by atoms with Gasteiger partial charge in [0.15, 0.2) is 5.82 Å². The number of amides is 1. The largest absolute Gasteiger partial charge is 0.346 e. The number of piperidine rings is 1. The molecule has 1 fully saturated rings. The highest BCUT2D eigenvalue weighted by molar-refractivity contribution is 5.91. The molecular formula is C21H23F3N8O. The fourth-order valence-electron chi connectivity index (χ4n) is 4.06. The number of H-pyrrole nitrogens is 1. The van der Waals surface area contributed by atoms with Crippen LogP contribution in [0.1, 0.15) is 18.4 Å². The van der Waals surface area contributed by atoms with E-state index in [-0.39, 0.29) is 24.3 Å². The van der Waals surface area contributed by atoms with Crippen LogP contribution >= 0.6 is 0 Å². The summed E-state index contributed by atoms with van der Waals surface area (Å²) < 4.78 is 40.3. The summed E-state index contributed by atoms with van der Waals surface area (Å²) in [6, 6.07) is -0.339.